The zero-order valence-electron chi connectivity index (χ0n) is 15.4. The first-order valence-corrected chi connectivity index (χ1v) is 10.5. The quantitative estimate of drug-likeness (QED) is 0.752. The maximum atomic E-state index is 13.4. The van der Waals surface area contributed by atoms with E-state index in [0.29, 0.717) is 24.3 Å². The van der Waals surface area contributed by atoms with Crippen molar-refractivity contribution in [3.63, 3.8) is 0 Å². The van der Waals surface area contributed by atoms with Gasteiger partial charge in [0.1, 0.15) is 0 Å². The molecule has 6 heteroatoms. The van der Waals surface area contributed by atoms with Crippen LogP contribution in [0.2, 0.25) is 0 Å². The molecule has 0 aliphatic carbocycles. The van der Waals surface area contributed by atoms with Crippen molar-refractivity contribution in [2.75, 3.05) is 6.61 Å². The molecule has 5 nitrogen and oxygen atoms in total. The second kappa shape index (κ2) is 6.40. The summed E-state index contributed by atoms with van der Waals surface area (Å²) in [4.78, 5) is 13.0. The lowest BCUT2D eigenvalue weighted by atomic mass is 9.72. The summed E-state index contributed by atoms with van der Waals surface area (Å²) < 4.78 is 33.8. The van der Waals surface area contributed by atoms with Crippen LogP contribution in [0.4, 0.5) is 0 Å². The first kappa shape index (κ1) is 18.4. The zero-order valence-corrected chi connectivity index (χ0v) is 16.2. The van der Waals surface area contributed by atoms with Crippen molar-refractivity contribution >= 4 is 16.0 Å². The molecule has 3 rings (SSSR count). The Balaban J connectivity index is 2.04. The largest absolute Gasteiger partial charge is 0.466 e. The van der Waals surface area contributed by atoms with E-state index in [2.05, 4.69) is 0 Å². The Morgan fingerprint density at radius 2 is 2.00 bits per heavy atom. The Bertz CT molecular complexity index is 789. The van der Waals surface area contributed by atoms with Crippen LogP contribution in [-0.4, -0.2) is 37.4 Å². The number of esters is 1. The number of carbonyl (C=O) groups excluding carboxylic acids is 1. The van der Waals surface area contributed by atoms with E-state index >= 15 is 0 Å². The monoisotopic (exact) mass is 365 g/mol. The van der Waals surface area contributed by atoms with Crippen molar-refractivity contribution in [3.05, 3.63) is 29.3 Å². The standard InChI is InChI=1S/C19H27NO4S/c1-5-19(18(21)24-6-2)12-15-9-10-17(19)20(15)25(22,23)16-11-13(3)7-8-14(16)4/h7-8,11,15,17H,5-6,9-10,12H2,1-4H3/t15-,17+,19+/m0/s1. The van der Waals surface area contributed by atoms with E-state index in [9.17, 15) is 13.2 Å². The van der Waals surface area contributed by atoms with Crippen molar-refractivity contribution < 1.29 is 17.9 Å². The second-order valence-corrected chi connectivity index (χ2v) is 9.10. The highest BCUT2D eigenvalue weighted by Crippen LogP contribution is 2.54. The van der Waals surface area contributed by atoms with Gasteiger partial charge < -0.3 is 4.74 Å². The molecule has 2 aliphatic heterocycles. The first-order valence-electron chi connectivity index (χ1n) is 9.06. The minimum absolute atomic E-state index is 0.112. The first-order chi connectivity index (χ1) is 11.8. The van der Waals surface area contributed by atoms with Gasteiger partial charge in [-0.2, -0.15) is 4.31 Å². The van der Waals surface area contributed by atoms with Gasteiger partial charge in [-0.05, 0) is 63.6 Å². The van der Waals surface area contributed by atoms with E-state index in [1.54, 1.807) is 17.3 Å². The number of nitrogens with zero attached hydrogens (tertiary/aromatic N) is 1. The molecule has 2 bridgehead atoms. The number of aryl methyl sites for hydroxylation is 2. The smallest absolute Gasteiger partial charge is 0.313 e. The molecule has 2 heterocycles. The number of ether oxygens (including phenoxy) is 1. The number of rotatable bonds is 5. The second-order valence-electron chi connectivity index (χ2n) is 7.29. The van der Waals surface area contributed by atoms with Gasteiger partial charge >= 0.3 is 5.97 Å². The van der Waals surface area contributed by atoms with Crippen LogP contribution in [0.1, 0.15) is 50.7 Å². The maximum Gasteiger partial charge on any atom is 0.313 e. The van der Waals surface area contributed by atoms with Crippen molar-refractivity contribution in [3.8, 4) is 0 Å². The summed E-state index contributed by atoms with van der Waals surface area (Å²) in [6.45, 7) is 7.79. The van der Waals surface area contributed by atoms with Gasteiger partial charge in [-0.15, -0.1) is 0 Å². The molecule has 2 fully saturated rings. The molecular weight excluding hydrogens is 338 g/mol. The van der Waals surface area contributed by atoms with Gasteiger partial charge in [0.2, 0.25) is 10.0 Å². The number of benzene rings is 1. The molecule has 0 saturated carbocycles. The summed E-state index contributed by atoms with van der Waals surface area (Å²) in [5.41, 5.74) is 0.960. The lowest BCUT2D eigenvalue weighted by Gasteiger charge is -2.34. The van der Waals surface area contributed by atoms with E-state index in [-0.39, 0.29) is 18.1 Å². The van der Waals surface area contributed by atoms with E-state index < -0.39 is 15.4 Å². The van der Waals surface area contributed by atoms with Crippen LogP contribution in [0.3, 0.4) is 0 Å². The Labute approximate surface area is 150 Å². The SMILES string of the molecule is CCOC(=O)[C@]1(CC)C[C@@H]2CC[C@H]1N2S(=O)(=O)c1cc(C)ccc1C. The van der Waals surface area contributed by atoms with Crippen LogP contribution >= 0.6 is 0 Å². The number of hydrogen-bond donors (Lipinski definition) is 0. The summed E-state index contributed by atoms with van der Waals surface area (Å²) in [5, 5.41) is 0. The number of hydrogen-bond acceptors (Lipinski definition) is 4. The van der Waals surface area contributed by atoms with Gasteiger partial charge in [0.15, 0.2) is 0 Å². The van der Waals surface area contributed by atoms with Gasteiger partial charge in [0.25, 0.3) is 0 Å². The van der Waals surface area contributed by atoms with Crippen molar-refractivity contribution in [1.82, 2.24) is 4.31 Å². The lowest BCUT2D eigenvalue weighted by molar-refractivity contribution is -0.157. The van der Waals surface area contributed by atoms with Crippen LogP contribution in [0.25, 0.3) is 0 Å². The van der Waals surface area contributed by atoms with E-state index in [4.69, 9.17) is 4.74 Å². The molecule has 2 saturated heterocycles. The molecule has 0 aromatic heterocycles. The van der Waals surface area contributed by atoms with Crippen molar-refractivity contribution in [2.24, 2.45) is 5.41 Å². The molecule has 138 valence electrons. The third-order valence-corrected chi connectivity index (χ3v) is 7.99. The topological polar surface area (TPSA) is 63.7 Å². The van der Waals surface area contributed by atoms with Gasteiger partial charge in [-0.25, -0.2) is 8.42 Å². The molecule has 1 aromatic carbocycles. The highest BCUT2D eigenvalue weighted by atomic mass is 32.2. The van der Waals surface area contributed by atoms with Crippen molar-refractivity contribution in [1.29, 1.82) is 0 Å². The molecule has 0 unspecified atom stereocenters. The fourth-order valence-corrected chi connectivity index (χ4v) is 6.86. The molecule has 1 aromatic rings. The van der Waals surface area contributed by atoms with Gasteiger partial charge in [-0.3, -0.25) is 4.79 Å². The predicted molar refractivity (Wildman–Crippen MR) is 95.7 cm³/mol. The third-order valence-electron chi connectivity index (χ3n) is 5.89. The third kappa shape index (κ3) is 2.70. The van der Waals surface area contributed by atoms with Gasteiger partial charge in [0, 0.05) is 12.1 Å². The normalized spacial score (nSPS) is 29.1. The Hall–Kier alpha value is -1.40. The molecule has 0 radical (unpaired) electrons. The Morgan fingerprint density at radius 1 is 1.28 bits per heavy atom. The summed E-state index contributed by atoms with van der Waals surface area (Å²) in [7, 11) is -3.63. The number of fused-ring (bicyclic) bond motifs is 2. The summed E-state index contributed by atoms with van der Waals surface area (Å²) >= 11 is 0. The summed E-state index contributed by atoms with van der Waals surface area (Å²) in [6.07, 6.45) is 2.71. The predicted octanol–water partition coefficient (Wildman–Crippen LogP) is 3.19. The number of carbonyl (C=O) groups is 1. The van der Waals surface area contributed by atoms with E-state index in [1.165, 1.54) is 0 Å². The molecule has 0 N–H and O–H groups in total. The Kier molecular flexibility index (Phi) is 4.71. The molecule has 0 amide bonds. The molecule has 0 spiro atoms. The van der Waals surface area contributed by atoms with Gasteiger partial charge in [0.05, 0.1) is 16.9 Å². The molecule has 3 atom stereocenters. The highest BCUT2D eigenvalue weighted by molar-refractivity contribution is 7.89. The molecule has 25 heavy (non-hydrogen) atoms. The van der Waals surface area contributed by atoms with Crippen LogP contribution in [-0.2, 0) is 19.6 Å². The summed E-state index contributed by atoms with van der Waals surface area (Å²) in [6, 6.07) is 5.09. The Morgan fingerprint density at radius 3 is 2.64 bits per heavy atom. The average Bonchev–Trinajstić information content (AvgIpc) is 3.14. The van der Waals surface area contributed by atoms with Gasteiger partial charge in [-0.1, -0.05) is 19.1 Å². The number of sulfonamides is 1. The average molecular weight is 365 g/mol. The fourth-order valence-electron chi connectivity index (χ4n) is 4.61. The molecule has 2 aliphatic rings. The van der Waals surface area contributed by atoms with Crippen LogP contribution in [0.15, 0.2) is 23.1 Å². The van der Waals surface area contributed by atoms with Crippen LogP contribution in [0, 0.1) is 19.3 Å². The van der Waals surface area contributed by atoms with Crippen LogP contribution < -0.4 is 0 Å². The fraction of sp³-hybridized carbons (Fsp3) is 0.632. The van der Waals surface area contributed by atoms with E-state index in [0.717, 1.165) is 24.0 Å². The van der Waals surface area contributed by atoms with Crippen molar-refractivity contribution in [2.45, 2.75) is 70.4 Å². The highest BCUT2D eigenvalue weighted by Gasteiger charge is 2.63. The summed E-state index contributed by atoms with van der Waals surface area (Å²) in [5.74, 6) is -0.245. The maximum absolute atomic E-state index is 13.4. The van der Waals surface area contributed by atoms with Crippen LogP contribution in [0.5, 0.6) is 0 Å². The minimum Gasteiger partial charge on any atom is -0.466 e. The molecular formula is C19H27NO4S. The lowest BCUT2D eigenvalue weighted by Crippen LogP contribution is -2.45. The zero-order chi connectivity index (χ0) is 18.4. The van der Waals surface area contributed by atoms with E-state index in [1.807, 2.05) is 32.9 Å². The minimum atomic E-state index is -3.63.